The van der Waals surface area contributed by atoms with E-state index in [-0.39, 0.29) is 5.57 Å². The minimum Gasteiger partial charge on any atom is -0.371 e. The van der Waals surface area contributed by atoms with Gasteiger partial charge in [-0.25, -0.2) is 0 Å². The highest BCUT2D eigenvalue weighted by molar-refractivity contribution is 5.72. The van der Waals surface area contributed by atoms with Crippen molar-refractivity contribution in [3.8, 4) is 12.1 Å². The van der Waals surface area contributed by atoms with Crippen LogP contribution in [0.5, 0.6) is 0 Å². The van der Waals surface area contributed by atoms with E-state index in [1.54, 1.807) is 0 Å². The molecule has 0 saturated heterocycles. The quantitative estimate of drug-likeness (QED) is 0.136. The van der Waals surface area contributed by atoms with Crippen molar-refractivity contribution < 1.29 is 0 Å². The molecule has 1 rings (SSSR count). The lowest BCUT2D eigenvalue weighted by atomic mass is 10.1. The average Bonchev–Trinajstić information content (AvgIpc) is 2.94. The molecule has 0 saturated carbocycles. The van der Waals surface area contributed by atoms with Crippen LogP contribution in [0.3, 0.4) is 0 Å². The molecule has 1 aromatic rings. The maximum absolute atomic E-state index is 9.16. The first kappa shape index (κ1) is 33.6. The van der Waals surface area contributed by atoms with Gasteiger partial charge in [-0.15, -0.1) is 0 Å². The van der Waals surface area contributed by atoms with Crippen molar-refractivity contribution in [3.05, 3.63) is 34.7 Å². The Morgan fingerprint density at radius 1 is 0.500 bits per heavy atom. The fraction of sp³-hybridized carbons (Fsp3) is 0.706. The molecule has 0 aliphatic heterocycles. The van der Waals surface area contributed by atoms with Crippen LogP contribution in [0, 0.1) is 22.7 Å². The lowest BCUT2D eigenvalue weighted by molar-refractivity contribution is 0.548. The number of unbranched alkanes of at least 4 members (excludes halogenated alkanes) is 18. The van der Waals surface area contributed by atoms with Crippen LogP contribution >= 0.6 is 0 Å². The summed E-state index contributed by atoms with van der Waals surface area (Å²) in [7, 11) is 0. The topological polar surface area (TPSA) is 71.6 Å². The molecule has 38 heavy (non-hydrogen) atoms. The monoisotopic (exact) mass is 520 g/mol. The van der Waals surface area contributed by atoms with Crippen molar-refractivity contribution in [1.82, 2.24) is 10.6 Å². The summed E-state index contributed by atoms with van der Waals surface area (Å²) in [6.07, 6.45) is 26.8. The molecule has 0 radical (unpaired) electrons. The summed E-state index contributed by atoms with van der Waals surface area (Å²) in [4.78, 5) is 0. The molecule has 0 unspecified atom stereocenters. The molecule has 212 valence electrons. The van der Waals surface area contributed by atoms with Gasteiger partial charge in [0.15, 0.2) is 0 Å². The predicted octanol–water partition coefficient (Wildman–Crippen LogP) is 7.97. The van der Waals surface area contributed by atoms with Gasteiger partial charge in [0.1, 0.15) is 23.5 Å². The highest BCUT2D eigenvalue weighted by Crippen LogP contribution is 2.11. The molecule has 1 aromatic carbocycles. The third-order valence-corrected chi connectivity index (χ3v) is 7.35. The van der Waals surface area contributed by atoms with Gasteiger partial charge in [0, 0.05) is 23.5 Å². The first-order valence-corrected chi connectivity index (χ1v) is 15.9. The normalized spacial score (nSPS) is 10.5. The number of hydrogen-bond acceptors (Lipinski definition) is 4. The zero-order valence-corrected chi connectivity index (χ0v) is 24.8. The van der Waals surface area contributed by atoms with Gasteiger partial charge in [-0.2, -0.15) is 10.5 Å². The van der Waals surface area contributed by atoms with Crippen LogP contribution < -0.4 is 21.1 Å². The SMILES string of the molecule is CCCCCCCCCCCCNC(NCCCCCCCCCCCC)=c1ccc(=C(C#N)C#N)cc1. The van der Waals surface area contributed by atoms with Crippen molar-refractivity contribution in [2.24, 2.45) is 0 Å². The number of nitrogens with zero attached hydrogens (tertiary/aromatic N) is 2. The lowest BCUT2D eigenvalue weighted by Crippen LogP contribution is -2.33. The Hall–Kier alpha value is -2.46. The minimum absolute atomic E-state index is 0.162. The van der Waals surface area contributed by atoms with Crippen LogP contribution in [0.15, 0.2) is 24.3 Å². The second-order valence-electron chi connectivity index (χ2n) is 10.8. The maximum atomic E-state index is 9.16. The smallest absolute Gasteiger partial charge is 0.136 e. The van der Waals surface area contributed by atoms with E-state index >= 15 is 0 Å². The van der Waals surface area contributed by atoms with Crippen molar-refractivity contribution >= 4 is 11.4 Å². The van der Waals surface area contributed by atoms with Crippen LogP contribution in [-0.2, 0) is 0 Å². The summed E-state index contributed by atoms with van der Waals surface area (Å²) in [5, 5.41) is 27.4. The Bertz CT molecular complexity index is 838. The second kappa shape index (κ2) is 24.9. The molecule has 0 heterocycles. The van der Waals surface area contributed by atoms with E-state index in [2.05, 4.69) is 24.5 Å². The summed E-state index contributed by atoms with van der Waals surface area (Å²) in [5.41, 5.74) is 0.162. The molecule has 4 heteroatoms. The van der Waals surface area contributed by atoms with Gasteiger partial charge in [-0.05, 0) is 12.8 Å². The summed E-state index contributed by atoms with van der Waals surface area (Å²) in [5.74, 6) is 1.07. The van der Waals surface area contributed by atoms with E-state index in [0.717, 1.165) is 24.1 Å². The van der Waals surface area contributed by atoms with Gasteiger partial charge in [0.05, 0.1) is 0 Å². The fourth-order valence-corrected chi connectivity index (χ4v) is 4.88. The molecule has 2 N–H and O–H groups in total. The molecule has 0 aliphatic carbocycles. The fourth-order valence-electron chi connectivity index (χ4n) is 4.88. The van der Waals surface area contributed by atoms with Gasteiger partial charge < -0.3 is 10.6 Å². The molecule has 0 aliphatic rings. The van der Waals surface area contributed by atoms with Gasteiger partial charge in [0.25, 0.3) is 0 Å². The van der Waals surface area contributed by atoms with Crippen LogP contribution in [0.1, 0.15) is 142 Å². The van der Waals surface area contributed by atoms with Gasteiger partial charge in [0.2, 0.25) is 0 Å². The van der Waals surface area contributed by atoms with Gasteiger partial charge in [-0.3, -0.25) is 0 Å². The van der Waals surface area contributed by atoms with E-state index in [4.69, 9.17) is 10.5 Å². The van der Waals surface area contributed by atoms with Gasteiger partial charge in [-0.1, -0.05) is 154 Å². The van der Waals surface area contributed by atoms with Crippen LogP contribution in [-0.4, -0.2) is 13.1 Å². The molecule has 4 nitrogen and oxygen atoms in total. The zero-order chi connectivity index (χ0) is 27.5. The van der Waals surface area contributed by atoms with Crippen LogP contribution in [0.25, 0.3) is 11.4 Å². The Kier molecular flexibility index (Phi) is 22.0. The predicted molar refractivity (Wildman–Crippen MR) is 163 cm³/mol. The summed E-state index contributed by atoms with van der Waals surface area (Å²) >= 11 is 0. The second-order valence-corrected chi connectivity index (χ2v) is 10.8. The Morgan fingerprint density at radius 3 is 1.16 bits per heavy atom. The summed E-state index contributed by atoms with van der Waals surface area (Å²) in [6.45, 7) is 6.48. The number of rotatable bonds is 24. The Labute approximate surface area is 234 Å². The van der Waals surface area contributed by atoms with Gasteiger partial charge >= 0.3 is 0 Å². The largest absolute Gasteiger partial charge is 0.371 e. The number of hydrogen-bond donors (Lipinski definition) is 2. The minimum atomic E-state index is 0.162. The third-order valence-electron chi connectivity index (χ3n) is 7.35. The first-order chi connectivity index (χ1) is 18.8. The molecule has 0 aromatic heterocycles. The van der Waals surface area contributed by atoms with Crippen molar-refractivity contribution in [2.45, 2.75) is 142 Å². The molecular formula is C34H56N4. The molecule has 0 atom stereocenters. The van der Waals surface area contributed by atoms with E-state index in [1.165, 1.54) is 128 Å². The molecule has 0 amide bonds. The van der Waals surface area contributed by atoms with E-state index in [0.29, 0.717) is 5.22 Å². The molecule has 0 spiro atoms. The Balaban J connectivity index is 2.45. The molecule has 0 bridgehead atoms. The van der Waals surface area contributed by atoms with Crippen LogP contribution in [0.2, 0.25) is 0 Å². The van der Waals surface area contributed by atoms with Crippen LogP contribution in [0.4, 0.5) is 0 Å². The number of nitriles is 2. The molecular weight excluding hydrogens is 464 g/mol. The summed E-state index contributed by atoms with van der Waals surface area (Å²) < 4.78 is 0. The van der Waals surface area contributed by atoms with E-state index in [1.807, 2.05) is 36.4 Å². The summed E-state index contributed by atoms with van der Waals surface area (Å²) in [6, 6.07) is 11.7. The van der Waals surface area contributed by atoms with Crippen molar-refractivity contribution in [2.75, 3.05) is 13.1 Å². The molecule has 0 fully saturated rings. The Morgan fingerprint density at radius 2 is 0.816 bits per heavy atom. The maximum Gasteiger partial charge on any atom is 0.136 e. The standard InChI is InChI=1S/C34H56N4/c1-3-5-7-9-11-13-15-17-19-21-27-37-34(32-25-23-31(24-26-32)33(29-35)30-36)38-28-22-20-18-16-14-12-10-8-6-4-2/h23-26,37-38H,3-22,27-28H2,1-2H3. The average molecular weight is 521 g/mol. The lowest BCUT2D eigenvalue weighted by Gasteiger charge is -2.14. The number of nitrogens with one attached hydrogen (secondary N) is 2. The van der Waals surface area contributed by atoms with Crippen molar-refractivity contribution in [3.63, 3.8) is 0 Å². The third kappa shape index (κ3) is 17.1. The zero-order valence-electron chi connectivity index (χ0n) is 24.8. The highest BCUT2D eigenvalue weighted by atomic mass is 15.1. The number of benzene rings is 1. The van der Waals surface area contributed by atoms with E-state index in [9.17, 15) is 0 Å². The first-order valence-electron chi connectivity index (χ1n) is 15.9. The van der Waals surface area contributed by atoms with E-state index < -0.39 is 0 Å². The highest BCUT2D eigenvalue weighted by Gasteiger charge is 2.01. The van der Waals surface area contributed by atoms with Crippen molar-refractivity contribution in [1.29, 1.82) is 10.5 Å².